The average Bonchev–Trinajstić information content (AvgIpc) is 3.44. The van der Waals surface area contributed by atoms with Crippen LogP contribution >= 0.6 is 0 Å². The zero-order valence-electron chi connectivity index (χ0n) is 19.9. The molecule has 1 heterocycles. The number of hydrogen-bond acceptors (Lipinski definition) is 5. The Morgan fingerprint density at radius 3 is 2.37 bits per heavy atom. The Morgan fingerprint density at radius 2 is 1.74 bits per heavy atom. The fraction of sp³-hybridized carbons (Fsp3) is 0.444. The third-order valence-corrected chi connectivity index (χ3v) is 6.75. The summed E-state index contributed by atoms with van der Waals surface area (Å²) in [6.07, 6.45) is 0.673. The summed E-state index contributed by atoms with van der Waals surface area (Å²) in [4.78, 5) is 36.4. The molecular weight excluding hydrogens is 448 g/mol. The number of rotatable bonds is 10. The highest BCUT2D eigenvalue weighted by molar-refractivity contribution is 5.80. The molecule has 186 valence electrons. The molecular formula is C27H32N2O6. The van der Waals surface area contributed by atoms with Gasteiger partial charge in [0.2, 0.25) is 5.91 Å². The van der Waals surface area contributed by atoms with E-state index < -0.39 is 18.2 Å². The summed E-state index contributed by atoms with van der Waals surface area (Å²) in [5.41, 5.74) is 4.61. The van der Waals surface area contributed by atoms with E-state index in [4.69, 9.17) is 9.47 Å². The number of alkyl carbamates (subject to hydrolysis) is 1. The summed E-state index contributed by atoms with van der Waals surface area (Å²) in [6, 6.07) is 15.9. The Balaban J connectivity index is 1.29. The second kappa shape index (κ2) is 11.4. The van der Waals surface area contributed by atoms with Gasteiger partial charge in [0.1, 0.15) is 6.61 Å². The summed E-state index contributed by atoms with van der Waals surface area (Å²) < 4.78 is 10.8. The van der Waals surface area contributed by atoms with E-state index in [2.05, 4.69) is 34.9 Å². The summed E-state index contributed by atoms with van der Waals surface area (Å²) in [6.45, 7) is 2.81. The SMILES string of the molecule is CCCC(CC(=O)NCC1CCOC1C(=O)O)NC(=O)OCC1c2ccccc2-c2ccccc21. The van der Waals surface area contributed by atoms with Crippen molar-refractivity contribution in [2.75, 3.05) is 19.8 Å². The van der Waals surface area contributed by atoms with Crippen LogP contribution in [0.25, 0.3) is 11.1 Å². The van der Waals surface area contributed by atoms with Crippen LogP contribution in [0.2, 0.25) is 0 Å². The summed E-state index contributed by atoms with van der Waals surface area (Å²) in [7, 11) is 0. The van der Waals surface area contributed by atoms with E-state index in [1.54, 1.807) is 0 Å². The second-order valence-electron chi connectivity index (χ2n) is 9.14. The highest BCUT2D eigenvalue weighted by Gasteiger charge is 2.34. The summed E-state index contributed by atoms with van der Waals surface area (Å²) in [5, 5.41) is 14.8. The van der Waals surface area contributed by atoms with Crippen molar-refractivity contribution in [1.29, 1.82) is 0 Å². The molecule has 3 N–H and O–H groups in total. The van der Waals surface area contributed by atoms with Crippen molar-refractivity contribution in [2.24, 2.45) is 5.92 Å². The van der Waals surface area contributed by atoms with Crippen LogP contribution in [0.4, 0.5) is 4.79 Å². The van der Waals surface area contributed by atoms with Crippen LogP contribution in [0.3, 0.4) is 0 Å². The first-order chi connectivity index (χ1) is 17.0. The molecule has 1 aliphatic heterocycles. The van der Waals surface area contributed by atoms with Crippen molar-refractivity contribution >= 4 is 18.0 Å². The third kappa shape index (κ3) is 5.82. The Labute approximate surface area is 205 Å². The Morgan fingerprint density at radius 1 is 1.09 bits per heavy atom. The minimum absolute atomic E-state index is 0.0307. The topological polar surface area (TPSA) is 114 Å². The van der Waals surface area contributed by atoms with Crippen LogP contribution < -0.4 is 10.6 Å². The first kappa shape index (κ1) is 24.7. The fourth-order valence-corrected chi connectivity index (χ4v) is 5.04. The second-order valence-corrected chi connectivity index (χ2v) is 9.14. The number of benzene rings is 2. The number of hydrogen-bond donors (Lipinski definition) is 3. The zero-order valence-corrected chi connectivity index (χ0v) is 19.9. The van der Waals surface area contributed by atoms with Crippen LogP contribution in [0, 0.1) is 5.92 Å². The molecule has 2 amide bonds. The average molecular weight is 481 g/mol. The summed E-state index contributed by atoms with van der Waals surface area (Å²) in [5.74, 6) is -1.53. The molecule has 0 spiro atoms. The Hall–Kier alpha value is -3.39. The number of carboxylic acids is 1. The van der Waals surface area contributed by atoms with E-state index in [0.717, 1.165) is 28.7 Å². The van der Waals surface area contributed by atoms with Gasteiger partial charge in [-0.2, -0.15) is 0 Å². The molecule has 0 saturated carbocycles. The zero-order chi connectivity index (χ0) is 24.8. The quantitative estimate of drug-likeness (QED) is 0.478. The lowest BCUT2D eigenvalue weighted by atomic mass is 9.98. The minimum atomic E-state index is -1.01. The van der Waals surface area contributed by atoms with E-state index >= 15 is 0 Å². The predicted molar refractivity (Wildman–Crippen MR) is 130 cm³/mol. The smallest absolute Gasteiger partial charge is 0.407 e. The van der Waals surface area contributed by atoms with E-state index in [1.807, 2.05) is 31.2 Å². The van der Waals surface area contributed by atoms with Crippen LogP contribution in [-0.2, 0) is 19.1 Å². The van der Waals surface area contributed by atoms with Gasteiger partial charge >= 0.3 is 12.1 Å². The number of carboxylic acid groups (broad SMARTS) is 1. The molecule has 1 aliphatic carbocycles. The standard InChI is InChI=1S/C27H32N2O6/c1-2-7-18(14-24(30)28-15-17-12-13-34-25(17)26(31)32)29-27(33)35-16-23-21-10-5-3-8-19(21)20-9-4-6-11-22(20)23/h3-6,8-11,17-18,23,25H,2,7,12-16H2,1H3,(H,28,30)(H,29,33)(H,31,32). The van der Waals surface area contributed by atoms with Gasteiger partial charge in [0, 0.05) is 37.5 Å². The van der Waals surface area contributed by atoms with E-state index in [1.165, 1.54) is 0 Å². The first-order valence-corrected chi connectivity index (χ1v) is 12.2. The maximum Gasteiger partial charge on any atom is 0.407 e. The molecule has 2 aromatic rings. The molecule has 8 heteroatoms. The molecule has 35 heavy (non-hydrogen) atoms. The van der Waals surface area contributed by atoms with Gasteiger partial charge in [0.05, 0.1) is 0 Å². The highest BCUT2D eigenvalue weighted by Crippen LogP contribution is 2.44. The van der Waals surface area contributed by atoms with E-state index in [0.29, 0.717) is 19.4 Å². The predicted octanol–water partition coefficient (Wildman–Crippen LogP) is 3.69. The van der Waals surface area contributed by atoms with Crippen molar-refractivity contribution in [3.05, 3.63) is 59.7 Å². The number of carbonyl (C=O) groups is 3. The number of ether oxygens (including phenoxy) is 2. The van der Waals surface area contributed by atoms with Crippen LogP contribution in [0.15, 0.2) is 48.5 Å². The third-order valence-electron chi connectivity index (χ3n) is 6.75. The largest absolute Gasteiger partial charge is 0.479 e. The number of carbonyl (C=O) groups excluding carboxylic acids is 2. The lowest BCUT2D eigenvalue weighted by Crippen LogP contribution is -2.41. The normalized spacial score (nSPS) is 19.5. The van der Waals surface area contributed by atoms with Gasteiger partial charge in [-0.25, -0.2) is 9.59 Å². The van der Waals surface area contributed by atoms with Gasteiger partial charge in [-0.1, -0.05) is 61.9 Å². The lowest BCUT2D eigenvalue weighted by molar-refractivity contribution is -0.149. The molecule has 8 nitrogen and oxygen atoms in total. The summed E-state index contributed by atoms with van der Waals surface area (Å²) >= 11 is 0. The Bertz CT molecular complexity index is 1030. The van der Waals surface area contributed by atoms with Gasteiger partial charge in [-0.15, -0.1) is 0 Å². The van der Waals surface area contributed by atoms with Crippen molar-refractivity contribution in [2.45, 2.75) is 50.7 Å². The van der Waals surface area contributed by atoms with Crippen molar-refractivity contribution in [3.63, 3.8) is 0 Å². The van der Waals surface area contributed by atoms with Gasteiger partial charge in [0.15, 0.2) is 6.10 Å². The molecule has 3 atom stereocenters. The van der Waals surface area contributed by atoms with Gasteiger partial charge in [-0.3, -0.25) is 4.79 Å². The molecule has 0 radical (unpaired) electrons. The first-order valence-electron chi connectivity index (χ1n) is 12.2. The fourth-order valence-electron chi connectivity index (χ4n) is 5.04. The highest BCUT2D eigenvalue weighted by atomic mass is 16.5. The monoisotopic (exact) mass is 480 g/mol. The molecule has 1 saturated heterocycles. The number of amides is 2. The molecule has 2 aromatic carbocycles. The molecule has 4 rings (SSSR count). The molecule has 3 unspecified atom stereocenters. The van der Waals surface area contributed by atoms with Crippen LogP contribution in [-0.4, -0.2) is 55.0 Å². The van der Waals surface area contributed by atoms with Crippen molar-refractivity contribution in [1.82, 2.24) is 10.6 Å². The van der Waals surface area contributed by atoms with Gasteiger partial charge < -0.3 is 25.2 Å². The van der Waals surface area contributed by atoms with Gasteiger partial charge in [0.25, 0.3) is 0 Å². The van der Waals surface area contributed by atoms with Crippen molar-refractivity contribution in [3.8, 4) is 11.1 Å². The van der Waals surface area contributed by atoms with Gasteiger partial charge in [-0.05, 0) is 35.1 Å². The van der Waals surface area contributed by atoms with Crippen molar-refractivity contribution < 1.29 is 29.0 Å². The lowest BCUT2D eigenvalue weighted by Gasteiger charge is -2.20. The number of aliphatic carboxylic acids is 1. The van der Waals surface area contributed by atoms with E-state index in [9.17, 15) is 19.5 Å². The molecule has 0 aromatic heterocycles. The Kier molecular flexibility index (Phi) is 8.02. The van der Waals surface area contributed by atoms with Crippen LogP contribution in [0.5, 0.6) is 0 Å². The molecule has 2 aliphatic rings. The molecule has 0 bridgehead atoms. The molecule has 1 fully saturated rings. The van der Waals surface area contributed by atoms with E-state index in [-0.39, 0.29) is 43.4 Å². The van der Waals surface area contributed by atoms with Crippen LogP contribution in [0.1, 0.15) is 49.7 Å². The minimum Gasteiger partial charge on any atom is -0.479 e. The number of nitrogens with one attached hydrogen (secondary N) is 2. The maximum absolute atomic E-state index is 12.6. The number of fused-ring (bicyclic) bond motifs is 3. The maximum atomic E-state index is 12.6.